The van der Waals surface area contributed by atoms with Crippen LogP contribution < -0.4 is 26.0 Å². The molecule has 1 unspecified atom stereocenters. The lowest BCUT2D eigenvalue weighted by atomic mass is 10.1. The maximum Gasteiger partial charge on any atom is 0.233 e. The SMILES string of the molecule is COc1ccc(Nc2nc(NCC3CCCN3)nc(NC3CCCCCC3)n2)cc1F. The number of nitrogens with zero attached hydrogens (tertiary/aromatic N) is 3. The van der Waals surface area contributed by atoms with Gasteiger partial charge in [0.2, 0.25) is 17.8 Å². The van der Waals surface area contributed by atoms with E-state index in [1.807, 2.05) is 0 Å². The normalized spacial score (nSPS) is 19.6. The summed E-state index contributed by atoms with van der Waals surface area (Å²) in [6.07, 6.45) is 9.57. The molecule has 9 heteroatoms. The number of nitrogens with one attached hydrogen (secondary N) is 4. The first-order valence-electron chi connectivity index (χ1n) is 11.3. The predicted molar refractivity (Wildman–Crippen MR) is 121 cm³/mol. The van der Waals surface area contributed by atoms with Gasteiger partial charge in [-0.2, -0.15) is 15.0 Å². The van der Waals surface area contributed by atoms with Crippen molar-refractivity contribution in [3.63, 3.8) is 0 Å². The Morgan fingerprint density at radius 2 is 1.77 bits per heavy atom. The molecule has 2 heterocycles. The fraction of sp³-hybridized carbons (Fsp3) is 0.591. The van der Waals surface area contributed by atoms with Gasteiger partial charge in [0.25, 0.3) is 0 Å². The Hall–Kier alpha value is -2.68. The van der Waals surface area contributed by atoms with Crippen LogP contribution >= 0.6 is 0 Å². The zero-order chi connectivity index (χ0) is 21.5. The van der Waals surface area contributed by atoms with Crippen LogP contribution in [-0.2, 0) is 0 Å². The van der Waals surface area contributed by atoms with Gasteiger partial charge >= 0.3 is 0 Å². The Kier molecular flexibility index (Phi) is 7.35. The van der Waals surface area contributed by atoms with E-state index >= 15 is 0 Å². The van der Waals surface area contributed by atoms with Gasteiger partial charge in [0, 0.05) is 30.4 Å². The van der Waals surface area contributed by atoms with Gasteiger partial charge in [-0.25, -0.2) is 4.39 Å². The monoisotopic (exact) mass is 429 g/mol. The van der Waals surface area contributed by atoms with Crippen molar-refractivity contribution in [3.8, 4) is 5.75 Å². The predicted octanol–water partition coefficient (Wildman–Crippen LogP) is 4.06. The molecule has 1 saturated carbocycles. The summed E-state index contributed by atoms with van der Waals surface area (Å²) in [5, 5.41) is 13.4. The number of hydrogen-bond acceptors (Lipinski definition) is 8. The van der Waals surface area contributed by atoms with Gasteiger partial charge in [0.05, 0.1) is 7.11 Å². The highest BCUT2D eigenvalue weighted by molar-refractivity contribution is 5.57. The number of methoxy groups -OCH3 is 1. The van der Waals surface area contributed by atoms with Crippen LogP contribution in [0.4, 0.5) is 27.9 Å². The van der Waals surface area contributed by atoms with Gasteiger partial charge in [-0.05, 0) is 44.4 Å². The zero-order valence-corrected chi connectivity index (χ0v) is 18.1. The number of rotatable bonds is 8. The summed E-state index contributed by atoms with van der Waals surface area (Å²) in [5.74, 6) is 1.18. The van der Waals surface area contributed by atoms with Crippen molar-refractivity contribution in [2.75, 3.05) is 36.1 Å². The van der Waals surface area contributed by atoms with Crippen LogP contribution in [-0.4, -0.2) is 47.2 Å². The van der Waals surface area contributed by atoms with Crippen molar-refractivity contribution < 1.29 is 9.13 Å². The van der Waals surface area contributed by atoms with Crippen LogP contribution in [0.2, 0.25) is 0 Å². The standard InChI is InChI=1S/C22H32FN7O/c1-31-19-11-10-16(13-18(19)23)27-22-29-20(25-14-17-9-6-12-24-17)28-21(30-22)26-15-7-4-2-3-5-8-15/h10-11,13,15,17,24H,2-9,12,14H2,1H3,(H3,25,26,27,28,29,30). The third-order valence-electron chi connectivity index (χ3n) is 5.90. The number of halogens is 1. The lowest BCUT2D eigenvalue weighted by Gasteiger charge is -2.18. The highest BCUT2D eigenvalue weighted by Crippen LogP contribution is 2.24. The fourth-order valence-electron chi connectivity index (χ4n) is 4.20. The maximum atomic E-state index is 14.1. The van der Waals surface area contributed by atoms with Gasteiger partial charge in [0.1, 0.15) is 0 Å². The Bertz CT molecular complexity index is 852. The van der Waals surface area contributed by atoms with Crippen molar-refractivity contribution in [1.82, 2.24) is 20.3 Å². The summed E-state index contributed by atoms with van der Waals surface area (Å²) in [6.45, 7) is 1.80. The second kappa shape index (κ2) is 10.6. The summed E-state index contributed by atoms with van der Waals surface area (Å²) in [4.78, 5) is 13.7. The lowest BCUT2D eigenvalue weighted by molar-refractivity contribution is 0.386. The van der Waals surface area contributed by atoms with E-state index in [1.54, 1.807) is 12.1 Å². The summed E-state index contributed by atoms with van der Waals surface area (Å²) < 4.78 is 19.1. The molecule has 2 aromatic rings. The fourth-order valence-corrected chi connectivity index (χ4v) is 4.20. The molecule has 2 aliphatic rings. The van der Waals surface area contributed by atoms with Gasteiger partial charge in [0.15, 0.2) is 11.6 Å². The maximum absolute atomic E-state index is 14.1. The quantitative estimate of drug-likeness (QED) is 0.467. The number of aromatic nitrogens is 3. The third-order valence-corrected chi connectivity index (χ3v) is 5.90. The minimum absolute atomic E-state index is 0.198. The molecule has 1 saturated heterocycles. The molecule has 1 aromatic carbocycles. The van der Waals surface area contributed by atoms with E-state index in [9.17, 15) is 4.39 Å². The van der Waals surface area contributed by atoms with Crippen LogP contribution in [0.5, 0.6) is 5.75 Å². The first-order valence-corrected chi connectivity index (χ1v) is 11.3. The second-order valence-electron chi connectivity index (χ2n) is 8.29. The first-order chi connectivity index (χ1) is 15.2. The van der Waals surface area contributed by atoms with Crippen molar-refractivity contribution in [3.05, 3.63) is 24.0 Å². The van der Waals surface area contributed by atoms with E-state index in [-0.39, 0.29) is 5.75 Å². The second-order valence-corrected chi connectivity index (χ2v) is 8.29. The molecule has 168 valence electrons. The number of anilines is 4. The summed E-state index contributed by atoms with van der Waals surface area (Å²) >= 11 is 0. The molecule has 2 fully saturated rings. The molecule has 0 spiro atoms. The Balaban J connectivity index is 1.51. The molecule has 1 aromatic heterocycles. The van der Waals surface area contributed by atoms with Crippen molar-refractivity contribution in [1.29, 1.82) is 0 Å². The highest BCUT2D eigenvalue weighted by atomic mass is 19.1. The van der Waals surface area contributed by atoms with Crippen LogP contribution in [0.1, 0.15) is 51.4 Å². The average molecular weight is 430 g/mol. The van der Waals surface area contributed by atoms with Crippen molar-refractivity contribution in [2.24, 2.45) is 0 Å². The van der Waals surface area contributed by atoms with Crippen molar-refractivity contribution in [2.45, 2.75) is 63.5 Å². The van der Waals surface area contributed by atoms with Gasteiger partial charge in [-0.1, -0.05) is 25.7 Å². The Morgan fingerprint density at radius 1 is 1.00 bits per heavy atom. The molecule has 1 aliphatic carbocycles. The van der Waals surface area contributed by atoms with Crippen LogP contribution in [0, 0.1) is 5.82 Å². The van der Waals surface area contributed by atoms with E-state index < -0.39 is 5.82 Å². The smallest absolute Gasteiger partial charge is 0.233 e. The lowest BCUT2D eigenvalue weighted by Crippen LogP contribution is -2.30. The molecule has 8 nitrogen and oxygen atoms in total. The summed E-state index contributed by atoms with van der Waals surface area (Å²) in [7, 11) is 1.44. The molecule has 0 bridgehead atoms. The number of hydrogen-bond donors (Lipinski definition) is 4. The molecule has 31 heavy (non-hydrogen) atoms. The van der Waals surface area contributed by atoms with Crippen LogP contribution in [0.25, 0.3) is 0 Å². The molecular weight excluding hydrogens is 397 g/mol. The average Bonchev–Trinajstić information content (AvgIpc) is 3.16. The van der Waals surface area contributed by atoms with E-state index in [0.29, 0.717) is 35.6 Å². The van der Waals surface area contributed by atoms with E-state index in [2.05, 4.69) is 36.2 Å². The molecule has 1 atom stereocenters. The third kappa shape index (κ3) is 6.16. The van der Waals surface area contributed by atoms with Gasteiger partial charge in [-0.15, -0.1) is 0 Å². The molecule has 4 N–H and O–H groups in total. The Morgan fingerprint density at radius 3 is 2.48 bits per heavy atom. The first kappa shape index (κ1) is 21.5. The minimum Gasteiger partial charge on any atom is -0.494 e. The van der Waals surface area contributed by atoms with Crippen LogP contribution in [0.15, 0.2) is 18.2 Å². The topological polar surface area (TPSA) is 96.0 Å². The molecule has 0 radical (unpaired) electrons. The van der Waals surface area contributed by atoms with Gasteiger partial charge < -0.3 is 26.0 Å². The van der Waals surface area contributed by atoms with E-state index in [0.717, 1.165) is 32.4 Å². The molecule has 0 amide bonds. The van der Waals surface area contributed by atoms with Crippen LogP contribution in [0.3, 0.4) is 0 Å². The van der Waals surface area contributed by atoms with Gasteiger partial charge in [-0.3, -0.25) is 0 Å². The molecule has 4 rings (SSSR count). The Labute approximate surface area is 182 Å². The summed E-state index contributed by atoms with van der Waals surface area (Å²) in [5.41, 5.74) is 0.549. The molecular formula is C22H32FN7O. The largest absolute Gasteiger partial charge is 0.494 e. The van der Waals surface area contributed by atoms with E-state index in [1.165, 1.54) is 45.3 Å². The summed E-state index contributed by atoms with van der Waals surface area (Å²) in [6, 6.07) is 5.47. The molecule has 1 aliphatic heterocycles. The number of benzene rings is 1. The minimum atomic E-state index is -0.441. The number of ether oxygens (including phenoxy) is 1. The zero-order valence-electron chi connectivity index (χ0n) is 18.1. The van der Waals surface area contributed by atoms with Crippen molar-refractivity contribution >= 4 is 23.5 Å². The van der Waals surface area contributed by atoms with E-state index in [4.69, 9.17) is 4.74 Å². The highest BCUT2D eigenvalue weighted by Gasteiger charge is 2.17.